The smallest absolute Gasteiger partial charge is 0.248 e. The van der Waals surface area contributed by atoms with E-state index in [1.165, 1.54) is 0 Å². The summed E-state index contributed by atoms with van der Waals surface area (Å²) in [5, 5.41) is 10.7. The molecule has 10 nitrogen and oxygen atoms in total. The molecule has 8 rings (SSSR count). The zero-order chi connectivity index (χ0) is 47.5. The zero-order valence-electron chi connectivity index (χ0n) is 37.4. The first-order valence-corrected chi connectivity index (χ1v) is 25.1. The number of carbonyl (C=O) groups is 2. The second kappa shape index (κ2) is 27.5. The second-order valence-electron chi connectivity index (χ2n) is 17.1. The summed E-state index contributed by atoms with van der Waals surface area (Å²) in [6, 6.07) is 11.1. The van der Waals surface area contributed by atoms with Gasteiger partial charge in [-0.2, -0.15) is 0 Å². The van der Waals surface area contributed by atoms with Gasteiger partial charge in [0.2, 0.25) is 11.8 Å². The molecule has 4 heterocycles. The van der Waals surface area contributed by atoms with Crippen molar-refractivity contribution in [3.05, 3.63) is 82.6 Å². The van der Waals surface area contributed by atoms with Crippen LogP contribution in [0.25, 0.3) is 21.8 Å². The lowest BCUT2D eigenvalue weighted by Gasteiger charge is -2.27. The molecule has 4 aliphatic rings. The third kappa shape index (κ3) is 17.1. The SMILES string of the molecule is C=CCOCCO.ICC1COCCO1.O=C(CCC1CCC(F)(F)CC1)c1c[nH]c2cccc(Cl)c12.O=C(CCC1CCC(F)(F)CC1)c1cn(CC2COCCO2)c2cccc(Cl)c12. The number of ether oxygens (including phenoxy) is 5. The average molecular weight is 1080 g/mol. The number of H-pyrrole nitrogens is 1. The number of rotatable bonds is 15. The van der Waals surface area contributed by atoms with Crippen LogP contribution in [0.3, 0.4) is 0 Å². The predicted molar refractivity (Wildman–Crippen MR) is 259 cm³/mol. The number of halogens is 7. The number of aliphatic hydroxyl groups is 1. The summed E-state index contributed by atoms with van der Waals surface area (Å²) in [5.74, 6) is -4.59. The summed E-state index contributed by atoms with van der Waals surface area (Å²) in [6.45, 7) is 9.06. The van der Waals surface area contributed by atoms with Gasteiger partial charge in [0, 0.05) is 82.8 Å². The van der Waals surface area contributed by atoms with Gasteiger partial charge in [0.1, 0.15) is 0 Å². The second-order valence-corrected chi connectivity index (χ2v) is 18.8. The molecule has 0 amide bonds. The van der Waals surface area contributed by atoms with Crippen molar-refractivity contribution in [2.24, 2.45) is 11.8 Å². The van der Waals surface area contributed by atoms with Crippen LogP contribution >= 0.6 is 45.8 Å². The summed E-state index contributed by atoms with van der Waals surface area (Å²) in [6.07, 6.45) is 9.28. The number of carbonyl (C=O) groups excluding carboxylic acids is 2. The molecule has 2 aromatic heterocycles. The van der Waals surface area contributed by atoms with Crippen LogP contribution in [0.2, 0.25) is 10.0 Å². The van der Waals surface area contributed by atoms with Gasteiger partial charge in [0.25, 0.3) is 0 Å². The Kier molecular flexibility index (Phi) is 22.7. The molecule has 2 saturated heterocycles. The average Bonchev–Trinajstić information content (AvgIpc) is 3.93. The van der Waals surface area contributed by atoms with Crippen molar-refractivity contribution < 1.29 is 55.9 Å². The number of aromatic nitrogens is 2. The van der Waals surface area contributed by atoms with Gasteiger partial charge in [-0.1, -0.05) is 64.0 Å². The van der Waals surface area contributed by atoms with E-state index in [9.17, 15) is 27.2 Å². The highest BCUT2D eigenvalue weighted by Gasteiger charge is 2.36. The fourth-order valence-corrected chi connectivity index (χ4v) is 9.52. The lowest BCUT2D eigenvalue weighted by Crippen LogP contribution is -2.32. The third-order valence-electron chi connectivity index (χ3n) is 12.2. The summed E-state index contributed by atoms with van der Waals surface area (Å²) in [7, 11) is 0. The molecule has 4 aromatic rings. The van der Waals surface area contributed by atoms with Gasteiger partial charge in [-0.3, -0.25) is 9.59 Å². The molecule has 4 fully saturated rings. The monoisotopic (exact) mass is 1080 g/mol. The topological polar surface area (TPSA) is 121 Å². The van der Waals surface area contributed by atoms with E-state index in [0.29, 0.717) is 118 Å². The number of nitrogens with zero attached hydrogens (tertiary/aromatic N) is 1. The Morgan fingerprint density at radius 1 is 0.818 bits per heavy atom. The van der Waals surface area contributed by atoms with Gasteiger partial charge in [0.05, 0.1) is 93.8 Å². The van der Waals surface area contributed by atoms with Crippen LogP contribution in [0.5, 0.6) is 0 Å². The molecule has 2 aliphatic heterocycles. The standard InChI is InChI=1S/C22H26ClF2NO3.C17H18ClF2NO.C5H9IO2.C5H10O2/c23-18-2-1-3-19-21(18)17(13-26(19)12-16-14-28-10-11-29-16)20(27)5-4-15-6-8-22(24,25)9-7-15;18-13-2-1-3-14-16(13)12(10-21-14)15(22)5-4-11-6-8-17(19,20)9-7-11;6-3-5-4-7-1-2-8-5;1-2-4-7-5-3-6/h1-3,13,15-16H,4-12,14H2;1-3,10-11,21H,4-9H2;5H,1-4H2;2,6H,1,3-5H2. The molecular weight excluding hydrogens is 1020 g/mol. The first-order chi connectivity index (χ1) is 31.7. The quantitative estimate of drug-likeness (QED) is 0.0302. The van der Waals surface area contributed by atoms with E-state index in [0.717, 1.165) is 46.1 Å². The maximum absolute atomic E-state index is 13.4. The number of hydrogen-bond donors (Lipinski definition) is 2. The molecule has 66 heavy (non-hydrogen) atoms. The van der Waals surface area contributed by atoms with Crippen LogP contribution < -0.4 is 0 Å². The van der Waals surface area contributed by atoms with Gasteiger partial charge in [0.15, 0.2) is 11.6 Å². The molecule has 366 valence electrons. The van der Waals surface area contributed by atoms with E-state index in [1.807, 2.05) is 35.0 Å². The van der Waals surface area contributed by atoms with Crippen molar-refractivity contribution in [3.8, 4) is 0 Å². The van der Waals surface area contributed by atoms with E-state index >= 15 is 0 Å². The van der Waals surface area contributed by atoms with Crippen molar-refractivity contribution in [2.45, 2.75) is 108 Å². The summed E-state index contributed by atoms with van der Waals surface area (Å²) in [5.41, 5.74) is 2.94. The summed E-state index contributed by atoms with van der Waals surface area (Å²) < 4.78 is 82.5. The minimum Gasteiger partial charge on any atom is -0.394 e. The molecular formula is C49H63Cl2F4IN2O8. The fourth-order valence-electron chi connectivity index (χ4n) is 8.47. The maximum atomic E-state index is 13.4. The first kappa shape index (κ1) is 54.3. The number of benzene rings is 2. The van der Waals surface area contributed by atoms with Gasteiger partial charge >= 0.3 is 0 Å². The van der Waals surface area contributed by atoms with Crippen LogP contribution in [0.1, 0.15) is 97.8 Å². The highest BCUT2D eigenvalue weighted by Crippen LogP contribution is 2.40. The number of nitrogens with one attached hydrogen (secondary N) is 1. The fraction of sp³-hybridized carbons (Fsp3) is 0.592. The Labute approximate surface area is 408 Å². The molecule has 2 N–H and O–H groups in total. The van der Waals surface area contributed by atoms with Crippen LogP contribution in [0.15, 0.2) is 61.4 Å². The number of aliphatic hydroxyl groups excluding tert-OH is 1. The van der Waals surface area contributed by atoms with Crippen LogP contribution in [-0.4, -0.2) is 114 Å². The number of alkyl halides is 5. The van der Waals surface area contributed by atoms with Crippen LogP contribution in [-0.2, 0) is 30.2 Å². The molecule has 2 unspecified atom stereocenters. The Bertz CT molecular complexity index is 2110. The Morgan fingerprint density at radius 2 is 1.36 bits per heavy atom. The van der Waals surface area contributed by atoms with E-state index in [1.54, 1.807) is 24.4 Å². The van der Waals surface area contributed by atoms with Crippen molar-refractivity contribution in [2.75, 3.05) is 63.9 Å². The van der Waals surface area contributed by atoms with E-state index in [2.05, 4.69) is 34.2 Å². The van der Waals surface area contributed by atoms with Gasteiger partial charge < -0.3 is 38.3 Å². The lowest BCUT2D eigenvalue weighted by molar-refractivity contribution is -0.0932. The van der Waals surface area contributed by atoms with Gasteiger partial charge in [-0.05, 0) is 74.6 Å². The number of hydrogen-bond acceptors (Lipinski definition) is 8. The normalized spacial score (nSPS) is 20.8. The lowest BCUT2D eigenvalue weighted by atomic mass is 9.83. The third-order valence-corrected chi connectivity index (χ3v) is 13.8. The zero-order valence-corrected chi connectivity index (χ0v) is 41.0. The summed E-state index contributed by atoms with van der Waals surface area (Å²) >= 11 is 14.9. The first-order valence-electron chi connectivity index (χ1n) is 22.8. The number of fused-ring (bicyclic) bond motifs is 2. The molecule has 0 bridgehead atoms. The van der Waals surface area contributed by atoms with E-state index in [-0.39, 0.29) is 61.8 Å². The van der Waals surface area contributed by atoms with Gasteiger partial charge in [-0.25, -0.2) is 17.6 Å². The molecule has 2 atom stereocenters. The molecule has 2 aliphatic carbocycles. The Balaban J connectivity index is 0.000000192. The van der Waals surface area contributed by atoms with Crippen molar-refractivity contribution in [1.82, 2.24) is 9.55 Å². The maximum Gasteiger partial charge on any atom is 0.248 e. The number of ketones is 2. The highest BCUT2D eigenvalue weighted by atomic mass is 127. The van der Waals surface area contributed by atoms with Crippen molar-refractivity contribution in [1.29, 1.82) is 0 Å². The number of aromatic amines is 1. The van der Waals surface area contributed by atoms with E-state index in [4.69, 9.17) is 52.0 Å². The molecule has 17 heteroatoms. The molecule has 0 radical (unpaired) electrons. The minimum absolute atomic E-state index is 0.0139. The highest BCUT2D eigenvalue weighted by molar-refractivity contribution is 14.1. The minimum atomic E-state index is -2.54. The molecule has 0 spiro atoms. The Hall–Kier alpha value is -2.61. The number of Topliss-reactive ketones (excluding diaryl/α,β-unsaturated/α-hetero) is 2. The van der Waals surface area contributed by atoms with Gasteiger partial charge in [-0.15, -0.1) is 6.58 Å². The van der Waals surface area contributed by atoms with Crippen LogP contribution in [0, 0.1) is 11.8 Å². The summed E-state index contributed by atoms with van der Waals surface area (Å²) in [4.78, 5) is 28.5. The van der Waals surface area contributed by atoms with Crippen molar-refractivity contribution in [3.63, 3.8) is 0 Å². The Morgan fingerprint density at radius 3 is 1.88 bits per heavy atom. The molecule has 2 saturated carbocycles. The molecule has 2 aromatic carbocycles. The van der Waals surface area contributed by atoms with E-state index < -0.39 is 11.8 Å². The van der Waals surface area contributed by atoms with Crippen molar-refractivity contribution >= 4 is 79.2 Å². The van der Waals surface area contributed by atoms with Crippen LogP contribution in [0.4, 0.5) is 17.6 Å². The largest absolute Gasteiger partial charge is 0.394 e. The predicted octanol–water partition coefficient (Wildman–Crippen LogP) is 12.1.